The predicted octanol–water partition coefficient (Wildman–Crippen LogP) is 4.67. The highest BCUT2D eigenvalue weighted by Crippen LogP contribution is 2.25. The number of hydrogen-bond acceptors (Lipinski definition) is 5. The first kappa shape index (κ1) is 26.5. The molecule has 0 aliphatic rings. The van der Waals surface area contributed by atoms with Crippen molar-refractivity contribution in [3.05, 3.63) is 23.8 Å². The zero-order valence-electron chi connectivity index (χ0n) is 19.1. The van der Waals surface area contributed by atoms with Crippen LogP contribution in [0, 0.1) is 0 Å². The van der Waals surface area contributed by atoms with E-state index in [-0.39, 0.29) is 18.2 Å². The number of rotatable bonds is 17. The number of ether oxygens (including phenoxy) is 1. The molecule has 0 bridgehead atoms. The van der Waals surface area contributed by atoms with Crippen LogP contribution in [0.1, 0.15) is 89.5 Å². The third-order valence-corrected chi connectivity index (χ3v) is 5.06. The SMILES string of the molecule is CCCCCCCCCCCCCC(=O)NCC(=O)N/N=C/c1ccc(O)c(OC)c1. The van der Waals surface area contributed by atoms with Gasteiger partial charge in [0.1, 0.15) is 0 Å². The lowest BCUT2D eigenvalue weighted by atomic mass is 10.1. The number of aromatic hydroxyl groups is 1. The van der Waals surface area contributed by atoms with Gasteiger partial charge in [-0.1, -0.05) is 71.1 Å². The second kappa shape index (κ2) is 17.1. The van der Waals surface area contributed by atoms with Crippen LogP contribution in [-0.2, 0) is 9.59 Å². The number of hydrazone groups is 1. The molecule has 1 aromatic carbocycles. The Morgan fingerprint density at radius 2 is 1.58 bits per heavy atom. The van der Waals surface area contributed by atoms with Gasteiger partial charge in [0, 0.05) is 6.42 Å². The smallest absolute Gasteiger partial charge is 0.259 e. The molecule has 0 radical (unpaired) electrons. The van der Waals surface area contributed by atoms with E-state index in [0.29, 0.717) is 17.7 Å². The molecule has 0 aliphatic carbocycles. The molecule has 0 heterocycles. The number of benzene rings is 1. The molecule has 0 aromatic heterocycles. The van der Waals surface area contributed by atoms with E-state index in [2.05, 4.69) is 22.8 Å². The maximum atomic E-state index is 11.8. The summed E-state index contributed by atoms with van der Waals surface area (Å²) in [5.41, 5.74) is 3.03. The highest BCUT2D eigenvalue weighted by atomic mass is 16.5. The molecular formula is C24H39N3O4. The second-order valence-corrected chi connectivity index (χ2v) is 7.79. The first-order chi connectivity index (χ1) is 15.1. The summed E-state index contributed by atoms with van der Waals surface area (Å²) in [6.07, 6.45) is 15.5. The average Bonchev–Trinajstić information content (AvgIpc) is 2.77. The van der Waals surface area contributed by atoms with Gasteiger partial charge in [-0.25, -0.2) is 5.43 Å². The van der Waals surface area contributed by atoms with Gasteiger partial charge in [-0.15, -0.1) is 0 Å². The first-order valence-corrected chi connectivity index (χ1v) is 11.5. The first-order valence-electron chi connectivity index (χ1n) is 11.5. The van der Waals surface area contributed by atoms with Gasteiger partial charge in [0.25, 0.3) is 5.91 Å². The summed E-state index contributed by atoms with van der Waals surface area (Å²) in [6, 6.07) is 4.72. The summed E-state index contributed by atoms with van der Waals surface area (Å²) in [7, 11) is 1.46. The van der Waals surface area contributed by atoms with E-state index in [1.165, 1.54) is 77.2 Å². The second-order valence-electron chi connectivity index (χ2n) is 7.79. The molecule has 0 saturated carbocycles. The minimum absolute atomic E-state index is 0.0317. The third-order valence-electron chi connectivity index (χ3n) is 5.06. The molecule has 174 valence electrons. The average molecular weight is 434 g/mol. The summed E-state index contributed by atoms with van der Waals surface area (Å²) in [6.45, 7) is 2.13. The highest BCUT2D eigenvalue weighted by Gasteiger charge is 2.05. The number of carbonyl (C=O) groups is 2. The fraction of sp³-hybridized carbons (Fsp3) is 0.625. The minimum Gasteiger partial charge on any atom is -0.504 e. The van der Waals surface area contributed by atoms with Crippen molar-refractivity contribution in [2.24, 2.45) is 5.10 Å². The number of unbranched alkanes of at least 4 members (excludes halogenated alkanes) is 10. The number of phenols is 1. The van der Waals surface area contributed by atoms with Crippen molar-refractivity contribution in [3.63, 3.8) is 0 Å². The zero-order valence-corrected chi connectivity index (χ0v) is 19.1. The molecule has 0 atom stereocenters. The Kier molecular flexibility index (Phi) is 14.6. The van der Waals surface area contributed by atoms with E-state index in [4.69, 9.17) is 4.74 Å². The maximum Gasteiger partial charge on any atom is 0.259 e. The number of phenolic OH excluding ortho intramolecular Hbond substituents is 1. The van der Waals surface area contributed by atoms with Gasteiger partial charge < -0.3 is 15.2 Å². The lowest BCUT2D eigenvalue weighted by molar-refractivity contribution is -0.126. The van der Waals surface area contributed by atoms with Crippen LogP contribution in [-0.4, -0.2) is 36.8 Å². The summed E-state index contributed by atoms with van der Waals surface area (Å²) in [4.78, 5) is 23.6. The van der Waals surface area contributed by atoms with Crippen LogP contribution in [0.2, 0.25) is 0 Å². The van der Waals surface area contributed by atoms with Gasteiger partial charge in [-0.05, 0) is 30.2 Å². The number of amides is 2. The Labute approximate surface area is 186 Å². The zero-order chi connectivity index (χ0) is 22.7. The van der Waals surface area contributed by atoms with Gasteiger partial charge in [0.2, 0.25) is 5.91 Å². The molecule has 0 aliphatic heterocycles. The number of nitrogens with zero attached hydrogens (tertiary/aromatic N) is 1. The Morgan fingerprint density at radius 1 is 0.968 bits per heavy atom. The van der Waals surface area contributed by atoms with E-state index in [1.54, 1.807) is 12.1 Å². The summed E-state index contributed by atoms with van der Waals surface area (Å²) < 4.78 is 5.01. The topological polar surface area (TPSA) is 100 Å². The molecule has 31 heavy (non-hydrogen) atoms. The highest BCUT2D eigenvalue weighted by molar-refractivity contribution is 5.86. The normalized spacial score (nSPS) is 10.9. The van der Waals surface area contributed by atoms with Crippen molar-refractivity contribution < 1.29 is 19.4 Å². The molecule has 0 saturated heterocycles. The molecule has 2 amide bonds. The monoisotopic (exact) mass is 433 g/mol. The lowest BCUT2D eigenvalue weighted by Crippen LogP contribution is -2.34. The van der Waals surface area contributed by atoms with Crippen molar-refractivity contribution in [3.8, 4) is 11.5 Å². The molecule has 0 fully saturated rings. The quantitative estimate of drug-likeness (QED) is 0.189. The fourth-order valence-corrected chi connectivity index (χ4v) is 3.21. The van der Waals surface area contributed by atoms with Gasteiger partial charge in [-0.3, -0.25) is 9.59 Å². The summed E-state index contributed by atoms with van der Waals surface area (Å²) >= 11 is 0. The maximum absolute atomic E-state index is 11.8. The molecule has 0 unspecified atom stereocenters. The fourth-order valence-electron chi connectivity index (χ4n) is 3.21. The van der Waals surface area contributed by atoms with E-state index < -0.39 is 5.91 Å². The summed E-state index contributed by atoms with van der Waals surface area (Å²) in [5.74, 6) is -0.151. The molecule has 7 heteroatoms. The molecule has 1 aromatic rings. The van der Waals surface area contributed by atoms with Crippen molar-refractivity contribution in [1.82, 2.24) is 10.7 Å². The van der Waals surface area contributed by atoms with Crippen LogP contribution in [0.4, 0.5) is 0 Å². The Hall–Kier alpha value is -2.57. The minimum atomic E-state index is -0.394. The number of hydrogen-bond donors (Lipinski definition) is 3. The largest absolute Gasteiger partial charge is 0.504 e. The Balaban J connectivity index is 2.03. The van der Waals surface area contributed by atoms with E-state index in [1.807, 2.05) is 0 Å². The summed E-state index contributed by atoms with van der Waals surface area (Å²) in [5, 5.41) is 16.0. The van der Waals surface area contributed by atoms with E-state index in [0.717, 1.165) is 12.8 Å². The van der Waals surface area contributed by atoms with Gasteiger partial charge in [-0.2, -0.15) is 5.10 Å². The van der Waals surface area contributed by atoms with Crippen LogP contribution in [0.3, 0.4) is 0 Å². The molecular weight excluding hydrogens is 394 g/mol. The molecule has 0 spiro atoms. The molecule has 3 N–H and O–H groups in total. The molecule has 1 rings (SSSR count). The van der Waals surface area contributed by atoms with Crippen molar-refractivity contribution in [1.29, 1.82) is 0 Å². The van der Waals surface area contributed by atoms with Gasteiger partial charge >= 0.3 is 0 Å². The predicted molar refractivity (Wildman–Crippen MR) is 124 cm³/mol. The Bertz CT molecular complexity index is 677. The van der Waals surface area contributed by atoms with E-state index >= 15 is 0 Å². The number of nitrogens with one attached hydrogen (secondary N) is 2. The van der Waals surface area contributed by atoms with Crippen LogP contribution >= 0.6 is 0 Å². The lowest BCUT2D eigenvalue weighted by Gasteiger charge is -2.05. The van der Waals surface area contributed by atoms with Crippen molar-refractivity contribution in [2.75, 3.05) is 13.7 Å². The van der Waals surface area contributed by atoms with Crippen LogP contribution in [0.25, 0.3) is 0 Å². The number of methoxy groups -OCH3 is 1. The van der Waals surface area contributed by atoms with E-state index in [9.17, 15) is 14.7 Å². The van der Waals surface area contributed by atoms with Crippen molar-refractivity contribution >= 4 is 18.0 Å². The van der Waals surface area contributed by atoms with Crippen LogP contribution in [0.15, 0.2) is 23.3 Å². The van der Waals surface area contributed by atoms with Gasteiger partial charge in [0.05, 0.1) is 19.9 Å². The standard InChI is InChI=1S/C24H39N3O4/c1-3-4-5-6-7-8-9-10-11-12-13-14-23(29)25-19-24(30)27-26-18-20-15-16-21(28)22(17-20)31-2/h15-18,28H,3-14,19H2,1-2H3,(H,25,29)(H,27,30)/b26-18+. The third kappa shape index (κ3) is 13.4. The molecule has 7 nitrogen and oxygen atoms in total. The number of carbonyl (C=O) groups excluding carboxylic acids is 2. The van der Waals surface area contributed by atoms with Crippen molar-refractivity contribution in [2.45, 2.75) is 84.0 Å². The van der Waals surface area contributed by atoms with Crippen LogP contribution < -0.4 is 15.5 Å². The van der Waals surface area contributed by atoms with Crippen LogP contribution in [0.5, 0.6) is 11.5 Å². The van der Waals surface area contributed by atoms with Gasteiger partial charge in [0.15, 0.2) is 11.5 Å². The Morgan fingerprint density at radius 3 is 2.19 bits per heavy atom.